The molecular formula is C23H40O3. The summed E-state index contributed by atoms with van der Waals surface area (Å²) in [6.45, 7) is 20.1. The Labute approximate surface area is 160 Å². The van der Waals surface area contributed by atoms with Gasteiger partial charge < -0.3 is 4.42 Å². The van der Waals surface area contributed by atoms with Gasteiger partial charge in [-0.3, -0.25) is 4.79 Å². The Bertz CT molecular complexity index is 637. The van der Waals surface area contributed by atoms with Crippen molar-refractivity contribution in [2.45, 2.75) is 88.5 Å². The molecular weight excluding hydrogens is 324 g/mol. The molecule has 0 amide bonds. The molecule has 3 nitrogen and oxygen atoms in total. The molecule has 0 atom stereocenters. The molecule has 0 aliphatic heterocycles. The van der Waals surface area contributed by atoms with Crippen LogP contribution in [0, 0.1) is 6.92 Å². The van der Waals surface area contributed by atoms with Crippen molar-refractivity contribution in [1.82, 2.24) is 0 Å². The Morgan fingerprint density at radius 1 is 0.885 bits per heavy atom. The van der Waals surface area contributed by atoms with E-state index >= 15 is 0 Å². The van der Waals surface area contributed by atoms with E-state index in [0.717, 1.165) is 10.9 Å². The normalized spacial score (nSPS) is 8.38. The predicted octanol–water partition coefficient (Wildman–Crippen LogP) is 7.58. The Morgan fingerprint density at radius 3 is 1.77 bits per heavy atom. The number of Topliss-reactive ketones (excluding diaryl/α,β-unsaturated/α-hetero) is 1. The van der Waals surface area contributed by atoms with E-state index in [-0.39, 0.29) is 11.3 Å². The van der Waals surface area contributed by atoms with Crippen molar-refractivity contribution in [3.8, 4) is 0 Å². The van der Waals surface area contributed by atoms with Crippen LogP contribution in [0.2, 0.25) is 0 Å². The molecule has 26 heavy (non-hydrogen) atoms. The van der Waals surface area contributed by atoms with Crippen molar-refractivity contribution in [1.29, 1.82) is 0 Å². The van der Waals surface area contributed by atoms with Gasteiger partial charge in [0.25, 0.3) is 0 Å². The van der Waals surface area contributed by atoms with Crippen molar-refractivity contribution in [2.75, 3.05) is 0 Å². The third-order valence-corrected chi connectivity index (χ3v) is 2.51. The third kappa shape index (κ3) is 11.6. The van der Waals surface area contributed by atoms with Crippen molar-refractivity contribution < 1.29 is 9.21 Å². The van der Waals surface area contributed by atoms with Gasteiger partial charge in [-0.05, 0) is 24.6 Å². The lowest BCUT2D eigenvalue weighted by molar-refractivity contribution is 0.0985. The molecule has 0 radical (unpaired) electrons. The molecule has 1 aromatic heterocycles. The highest BCUT2D eigenvalue weighted by Crippen LogP contribution is 2.15. The van der Waals surface area contributed by atoms with E-state index < -0.39 is 5.63 Å². The molecule has 0 saturated carbocycles. The zero-order valence-corrected chi connectivity index (χ0v) is 18.7. The Morgan fingerprint density at radius 2 is 1.35 bits per heavy atom. The zero-order chi connectivity index (χ0) is 21.1. The van der Waals surface area contributed by atoms with E-state index in [0.29, 0.717) is 12.0 Å². The van der Waals surface area contributed by atoms with E-state index in [2.05, 4.69) is 27.7 Å². The molecule has 2 rings (SSSR count). The minimum Gasteiger partial charge on any atom is -0.422 e. The monoisotopic (exact) mass is 364 g/mol. The number of carbonyl (C=O) groups is 1. The van der Waals surface area contributed by atoms with Crippen molar-refractivity contribution in [3.05, 3.63) is 45.8 Å². The summed E-state index contributed by atoms with van der Waals surface area (Å²) in [5, 5.41) is 0.780. The second-order valence-corrected chi connectivity index (χ2v) is 5.18. The number of fused-ring (bicyclic) bond motifs is 1. The number of carbonyl (C=O) groups excluding carboxylic acids is 1. The van der Waals surface area contributed by atoms with E-state index in [9.17, 15) is 9.59 Å². The standard InChI is InChI=1S/C13H12O3.2C3H8.2C2H6/c1-3-11(14)10-7-9-5-4-8(2)6-12(9)16-13(10)15;2*1-3-2;2*1-2/h4-7H,3H2,1-2H3;2*3H2,1-2H3;2*1-2H3. The van der Waals surface area contributed by atoms with E-state index in [4.69, 9.17) is 4.42 Å². The lowest BCUT2D eigenvalue weighted by Crippen LogP contribution is -2.12. The summed E-state index contributed by atoms with van der Waals surface area (Å²) in [7, 11) is 0. The molecule has 150 valence electrons. The molecule has 0 aliphatic carbocycles. The fourth-order valence-electron chi connectivity index (χ4n) is 1.60. The predicted molar refractivity (Wildman–Crippen MR) is 116 cm³/mol. The SMILES string of the molecule is CC.CC.CCC.CCC.CCC(=O)c1cc2ccc(C)cc2oc1=O. The molecule has 0 bridgehead atoms. The van der Waals surface area contributed by atoms with Crippen LogP contribution in [-0.2, 0) is 0 Å². The van der Waals surface area contributed by atoms with Crippen LogP contribution in [0.4, 0.5) is 0 Å². The van der Waals surface area contributed by atoms with E-state index in [1.807, 2.05) is 46.8 Å². The summed E-state index contributed by atoms with van der Waals surface area (Å²) in [6.07, 6.45) is 2.81. The van der Waals surface area contributed by atoms with Gasteiger partial charge in [0.1, 0.15) is 11.1 Å². The van der Waals surface area contributed by atoms with Crippen LogP contribution in [0.1, 0.15) is 97.5 Å². The van der Waals surface area contributed by atoms with Crippen molar-refractivity contribution in [3.63, 3.8) is 0 Å². The maximum atomic E-state index is 11.6. The first-order valence-corrected chi connectivity index (χ1v) is 10.0. The molecule has 1 heterocycles. The largest absolute Gasteiger partial charge is 0.422 e. The van der Waals surface area contributed by atoms with E-state index in [1.165, 1.54) is 12.8 Å². The summed E-state index contributed by atoms with van der Waals surface area (Å²) in [5.41, 5.74) is 1.13. The molecule has 0 spiro atoms. The summed E-state index contributed by atoms with van der Waals surface area (Å²) in [6, 6.07) is 7.16. The van der Waals surface area contributed by atoms with E-state index in [1.54, 1.807) is 19.1 Å². The Balaban J connectivity index is -0.000000450. The quantitative estimate of drug-likeness (QED) is 0.407. The summed E-state index contributed by atoms with van der Waals surface area (Å²) >= 11 is 0. The second kappa shape index (κ2) is 19.4. The first-order chi connectivity index (χ1) is 12.4. The van der Waals surface area contributed by atoms with Crippen LogP contribution in [0.3, 0.4) is 0 Å². The highest BCUT2D eigenvalue weighted by Gasteiger charge is 2.11. The third-order valence-electron chi connectivity index (χ3n) is 2.51. The number of hydrogen-bond acceptors (Lipinski definition) is 3. The molecule has 0 N–H and O–H groups in total. The molecule has 0 unspecified atom stereocenters. The van der Waals surface area contributed by atoms with Crippen LogP contribution >= 0.6 is 0 Å². The molecule has 0 saturated heterocycles. The van der Waals surface area contributed by atoms with Gasteiger partial charge in [0.2, 0.25) is 0 Å². The van der Waals surface area contributed by atoms with Gasteiger partial charge in [-0.25, -0.2) is 4.79 Å². The lowest BCUT2D eigenvalue weighted by atomic mass is 10.1. The van der Waals surface area contributed by atoms with Crippen LogP contribution in [0.25, 0.3) is 11.0 Å². The molecule has 1 aromatic carbocycles. The average molecular weight is 365 g/mol. The number of hydrogen-bond donors (Lipinski definition) is 0. The number of aryl methyl sites for hydroxylation is 1. The lowest BCUT2D eigenvalue weighted by Gasteiger charge is -2.00. The number of ketones is 1. The second-order valence-electron chi connectivity index (χ2n) is 5.18. The molecule has 3 heteroatoms. The van der Waals surface area contributed by atoms with Gasteiger partial charge in [0, 0.05) is 11.8 Å². The Kier molecular flexibility index (Phi) is 21.6. The zero-order valence-electron chi connectivity index (χ0n) is 18.7. The minimum atomic E-state index is -0.551. The van der Waals surface area contributed by atoms with Crippen LogP contribution in [0.15, 0.2) is 33.5 Å². The summed E-state index contributed by atoms with van der Waals surface area (Å²) < 4.78 is 5.12. The van der Waals surface area contributed by atoms with Crippen LogP contribution in [0.5, 0.6) is 0 Å². The molecule has 0 aliphatic rings. The number of benzene rings is 1. The van der Waals surface area contributed by atoms with Gasteiger partial charge in [0.05, 0.1) is 0 Å². The summed E-state index contributed by atoms with van der Waals surface area (Å²) in [4.78, 5) is 23.0. The molecule has 0 fully saturated rings. The van der Waals surface area contributed by atoms with Crippen LogP contribution in [-0.4, -0.2) is 5.78 Å². The maximum absolute atomic E-state index is 11.6. The topological polar surface area (TPSA) is 47.3 Å². The van der Waals surface area contributed by atoms with Gasteiger partial charge in [0.15, 0.2) is 5.78 Å². The first-order valence-electron chi connectivity index (χ1n) is 10.0. The summed E-state index contributed by atoms with van der Waals surface area (Å²) in [5.74, 6) is -0.184. The van der Waals surface area contributed by atoms with Gasteiger partial charge in [-0.1, -0.05) is 87.3 Å². The highest BCUT2D eigenvalue weighted by molar-refractivity contribution is 5.98. The van der Waals surface area contributed by atoms with Gasteiger partial charge in [-0.2, -0.15) is 0 Å². The Hall–Kier alpha value is -1.90. The maximum Gasteiger partial charge on any atom is 0.347 e. The van der Waals surface area contributed by atoms with Gasteiger partial charge in [-0.15, -0.1) is 0 Å². The smallest absolute Gasteiger partial charge is 0.347 e. The minimum absolute atomic E-state index is 0.138. The highest BCUT2D eigenvalue weighted by atomic mass is 16.4. The van der Waals surface area contributed by atoms with Gasteiger partial charge >= 0.3 is 5.63 Å². The molecule has 2 aromatic rings. The number of rotatable bonds is 2. The van der Waals surface area contributed by atoms with Crippen LogP contribution < -0.4 is 5.63 Å². The fraction of sp³-hybridized carbons (Fsp3) is 0.565. The average Bonchev–Trinajstić information content (AvgIpc) is 2.65. The van der Waals surface area contributed by atoms with Crippen molar-refractivity contribution >= 4 is 16.8 Å². The first kappa shape index (κ1) is 28.9. The fourth-order valence-corrected chi connectivity index (χ4v) is 1.60. The van der Waals surface area contributed by atoms with Crippen molar-refractivity contribution in [2.24, 2.45) is 0 Å².